The van der Waals surface area contributed by atoms with E-state index in [1.807, 2.05) is 20.8 Å². The lowest BCUT2D eigenvalue weighted by molar-refractivity contribution is -0.124. The minimum absolute atomic E-state index is 0.139. The van der Waals surface area contributed by atoms with Gasteiger partial charge in [0.1, 0.15) is 12.1 Å². The first kappa shape index (κ1) is 29.0. The Morgan fingerprint density at radius 3 is 1.88 bits per heavy atom. The van der Waals surface area contributed by atoms with E-state index in [1.165, 1.54) is 32.6 Å². The quantitative estimate of drug-likeness (QED) is 0.539. The summed E-state index contributed by atoms with van der Waals surface area (Å²) in [5.74, 6) is 0.747. The van der Waals surface area contributed by atoms with Gasteiger partial charge in [0.2, 0.25) is 5.91 Å². The lowest BCUT2D eigenvalue weighted by Gasteiger charge is -2.11. The number of halogens is 1. The second kappa shape index (κ2) is 18.1. The fourth-order valence-electron chi connectivity index (χ4n) is 1.39. The van der Waals surface area contributed by atoms with Crippen molar-refractivity contribution in [1.82, 2.24) is 0 Å². The monoisotopic (exact) mass is 423 g/mol. The Morgan fingerprint density at radius 2 is 1.68 bits per heavy atom. The Labute approximate surface area is 162 Å². The molecule has 0 bridgehead atoms. The van der Waals surface area contributed by atoms with Gasteiger partial charge in [-0.3, -0.25) is 9.59 Å². The summed E-state index contributed by atoms with van der Waals surface area (Å²) in [5, 5.41) is 0.451. The van der Waals surface area contributed by atoms with E-state index in [0.29, 0.717) is 11.4 Å². The van der Waals surface area contributed by atoms with Crippen molar-refractivity contribution in [2.45, 2.75) is 80.3 Å². The normalized spacial score (nSPS) is 15.6. The molecule has 1 rings (SSSR count). The second-order valence-corrected chi connectivity index (χ2v) is 7.99. The average Bonchev–Trinajstić information content (AvgIpc) is 2.97. The molecule has 0 spiro atoms. The summed E-state index contributed by atoms with van der Waals surface area (Å²) in [6.45, 7) is 14.2. The maximum Gasteiger partial charge on any atom is 0.214 e. The molecule has 5 nitrogen and oxygen atoms in total. The summed E-state index contributed by atoms with van der Waals surface area (Å²) in [6.07, 6.45) is 6.57. The summed E-state index contributed by atoms with van der Waals surface area (Å²) < 4.78 is 5.50. The van der Waals surface area contributed by atoms with E-state index in [0.717, 1.165) is 18.8 Å². The van der Waals surface area contributed by atoms with Gasteiger partial charge in [-0.2, -0.15) is 0 Å². The number of nitrogens with two attached hydrogens (primary N) is 1. The van der Waals surface area contributed by atoms with Crippen molar-refractivity contribution in [3.8, 4) is 0 Å². The maximum atomic E-state index is 10.5. The molecule has 0 aromatic heterocycles. The average molecular weight is 424 g/mol. The molecule has 25 heavy (non-hydrogen) atoms. The molecule has 6 heteroatoms. The molecule has 0 aromatic rings. The van der Waals surface area contributed by atoms with Crippen LogP contribution in [0, 0.1) is 11.3 Å². The number of carbonyl (C=O) groups excluding carboxylic acids is 3. The molecule has 0 aromatic carbocycles. The van der Waals surface area contributed by atoms with E-state index in [4.69, 9.17) is 9.53 Å². The van der Waals surface area contributed by atoms with Crippen LogP contribution in [-0.2, 0) is 19.1 Å². The lowest BCUT2D eigenvalue weighted by Crippen LogP contribution is -2.15. The van der Waals surface area contributed by atoms with E-state index in [1.54, 1.807) is 6.92 Å². The zero-order valence-corrected chi connectivity index (χ0v) is 18.6. The third kappa shape index (κ3) is 31.5. The number of carbonyl (C=O) groups is 3. The molecule has 2 N–H and O–H groups in total. The molecule has 1 heterocycles. The maximum absolute atomic E-state index is 10.5. The molecule has 0 radical (unpaired) electrons. The fraction of sp³-hybridized carbons (Fsp3) is 0.842. The van der Waals surface area contributed by atoms with Crippen molar-refractivity contribution in [2.75, 3.05) is 11.9 Å². The van der Waals surface area contributed by atoms with Gasteiger partial charge < -0.3 is 15.3 Å². The van der Waals surface area contributed by atoms with E-state index < -0.39 is 0 Å². The second-order valence-electron chi connectivity index (χ2n) is 7.34. The van der Waals surface area contributed by atoms with Gasteiger partial charge in [0.25, 0.3) is 0 Å². The van der Waals surface area contributed by atoms with E-state index in [2.05, 4.69) is 35.5 Å². The first-order chi connectivity index (χ1) is 11.4. The summed E-state index contributed by atoms with van der Waals surface area (Å²) in [4.78, 5) is 28.8. The van der Waals surface area contributed by atoms with Crippen molar-refractivity contribution in [2.24, 2.45) is 17.1 Å². The van der Waals surface area contributed by atoms with Gasteiger partial charge in [-0.05, 0) is 38.5 Å². The smallest absolute Gasteiger partial charge is 0.214 e. The highest BCUT2D eigenvalue weighted by Crippen LogP contribution is 2.18. The van der Waals surface area contributed by atoms with Crippen LogP contribution in [0.3, 0.4) is 0 Å². The highest BCUT2D eigenvalue weighted by molar-refractivity contribution is 9.09. The minimum Gasteiger partial charge on any atom is -0.378 e. The van der Waals surface area contributed by atoms with Gasteiger partial charge in [0, 0.05) is 18.9 Å². The van der Waals surface area contributed by atoms with Gasteiger partial charge in [-0.25, -0.2) is 0 Å². The van der Waals surface area contributed by atoms with Crippen LogP contribution >= 0.6 is 15.9 Å². The van der Waals surface area contributed by atoms with Crippen molar-refractivity contribution in [3.05, 3.63) is 0 Å². The van der Waals surface area contributed by atoms with Crippen LogP contribution < -0.4 is 5.73 Å². The lowest BCUT2D eigenvalue weighted by atomic mass is 9.92. The molecule has 1 amide bonds. The van der Waals surface area contributed by atoms with Crippen LogP contribution in [0.1, 0.15) is 74.1 Å². The summed E-state index contributed by atoms with van der Waals surface area (Å²) in [6, 6.07) is 0. The van der Waals surface area contributed by atoms with Crippen LogP contribution in [0.5, 0.6) is 0 Å². The van der Waals surface area contributed by atoms with Gasteiger partial charge in [-0.1, -0.05) is 50.5 Å². The Balaban J connectivity index is -0.000000283. The molecular formula is C19H38BrNO4. The number of alkyl halides is 1. The van der Waals surface area contributed by atoms with Crippen LogP contribution in [0.25, 0.3) is 0 Å². The number of amides is 1. The fourth-order valence-corrected chi connectivity index (χ4v) is 1.39. The highest BCUT2D eigenvalue weighted by atomic mass is 79.9. The molecule has 0 saturated carbocycles. The Bertz CT molecular complexity index is 342. The molecule has 1 aliphatic rings. The number of ether oxygens (including phenoxy) is 1. The molecule has 1 fully saturated rings. The molecule has 0 aliphatic carbocycles. The van der Waals surface area contributed by atoms with Crippen LogP contribution in [-0.4, -0.2) is 36.0 Å². The number of hydrogen-bond donors (Lipinski definition) is 1. The topological polar surface area (TPSA) is 86.5 Å². The van der Waals surface area contributed by atoms with Crippen LogP contribution in [0.2, 0.25) is 0 Å². The first-order valence-electron chi connectivity index (χ1n) is 8.76. The van der Waals surface area contributed by atoms with Crippen molar-refractivity contribution < 1.29 is 19.1 Å². The molecule has 150 valence electrons. The van der Waals surface area contributed by atoms with Crippen LogP contribution in [0.15, 0.2) is 0 Å². The van der Waals surface area contributed by atoms with Crippen LogP contribution in [0.4, 0.5) is 0 Å². The number of rotatable bonds is 4. The predicted molar refractivity (Wildman–Crippen MR) is 108 cm³/mol. The molecule has 1 saturated heterocycles. The molecular weight excluding hydrogens is 386 g/mol. The largest absolute Gasteiger partial charge is 0.378 e. The van der Waals surface area contributed by atoms with Gasteiger partial charge in [-0.15, -0.1) is 0 Å². The number of primary amides is 1. The molecule has 1 unspecified atom stereocenters. The highest BCUT2D eigenvalue weighted by Gasteiger charge is 2.15. The summed E-state index contributed by atoms with van der Waals surface area (Å²) in [7, 11) is 0. The number of Topliss-reactive ketones (excluding diaryl/α,β-unsaturated/α-hetero) is 1. The van der Waals surface area contributed by atoms with Crippen molar-refractivity contribution >= 4 is 33.9 Å². The Hall–Kier alpha value is -0.750. The van der Waals surface area contributed by atoms with Gasteiger partial charge in [0.15, 0.2) is 0 Å². The van der Waals surface area contributed by atoms with E-state index >= 15 is 0 Å². The van der Waals surface area contributed by atoms with E-state index in [9.17, 15) is 9.59 Å². The number of aldehydes is 1. The minimum atomic E-state index is -0.333. The van der Waals surface area contributed by atoms with Crippen molar-refractivity contribution in [3.63, 3.8) is 0 Å². The first-order valence-corrected chi connectivity index (χ1v) is 9.88. The zero-order valence-electron chi connectivity index (χ0n) is 17.1. The standard InChI is InChI=1S/C9H18O.C6H12O.C2H3BrO.C2H5NO/c1-8(2)5-6-9-4-3-7-10-9;1-5(7)6(2,3)4;3-1-2-4;1-2(3)4/h8-9H,3-7H2,1-2H3;1-4H3;2H,1H2;1H3,(H2,3,4). The third-order valence-electron chi connectivity index (χ3n) is 3.21. The number of ketones is 1. The predicted octanol–water partition coefficient (Wildman–Crippen LogP) is 4.29. The Morgan fingerprint density at radius 1 is 1.28 bits per heavy atom. The van der Waals surface area contributed by atoms with Crippen molar-refractivity contribution in [1.29, 1.82) is 0 Å². The van der Waals surface area contributed by atoms with E-state index in [-0.39, 0.29) is 17.1 Å². The molecule has 1 atom stereocenters. The Kier molecular flexibility index (Phi) is 21.0. The summed E-state index contributed by atoms with van der Waals surface area (Å²) in [5.41, 5.74) is 4.33. The third-order valence-corrected chi connectivity index (χ3v) is 3.47. The van der Waals surface area contributed by atoms with Gasteiger partial charge in [0.05, 0.1) is 11.4 Å². The summed E-state index contributed by atoms with van der Waals surface area (Å²) >= 11 is 2.88. The SMILES string of the molecule is CC(=O)C(C)(C)C.CC(C)CCC1CCCO1.CC(N)=O.O=CCBr. The zero-order chi connectivity index (χ0) is 20.5. The van der Waals surface area contributed by atoms with Gasteiger partial charge >= 0.3 is 0 Å². The molecule has 1 aliphatic heterocycles. The number of hydrogen-bond acceptors (Lipinski definition) is 4.